The van der Waals surface area contributed by atoms with Gasteiger partial charge in [-0.2, -0.15) is 0 Å². The van der Waals surface area contributed by atoms with Gasteiger partial charge >= 0.3 is 0 Å². The van der Waals surface area contributed by atoms with Gasteiger partial charge in [-0.1, -0.05) is 0 Å². The van der Waals surface area contributed by atoms with Crippen molar-refractivity contribution in [1.29, 1.82) is 0 Å². The fourth-order valence-electron chi connectivity index (χ4n) is 1.69. The van der Waals surface area contributed by atoms with Gasteiger partial charge in [0, 0.05) is 28.1 Å². The summed E-state index contributed by atoms with van der Waals surface area (Å²) in [5.41, 5.74) is 2.35. The van der Waals surface area contributed by atoms with E-state index in [-0.39, 0.29) is 10.6 Å². The summed E-state index contributed by atoms with van der Waals surface area (Å²) in [6.07, 6.45) is 0. The average Bonchev–Trinajstić information content (AvgIpc) is 2.66. The van der Waals surface area contributed by atoms with Crippen molar-refractivity contribution in [2.45, 2.75) is 20.4 Å². The SMILES string of the molecule is Cc1cc(CNc2ccc([N+](=O)[O-])c(I)c2)sc1C. The molecule has 6 heteroatoms. The summed E-state index contributed by atoms with van der Waals surface area (Å²) in [6.45, 7) is 4.95. The Bertz CT molecular complexity index is 606. The molecule has 1 heterocycles. The van der Waals surface area contributed by atoms with E-state index in [4.69, 9.17) is 0 Å². The molecule has 0 radical (unpaired) electrons. The van der Waals surface area contributed by atoms with E-state index in [0.29, 0.717) is 3.57 Å². The van der Waals surface area contributed by atoms with Crippen molar-refractivity contribution in [3.05, 3.63) is 53.3 Å². The molecule has 4 nitrogen and oxygen atoms in total. The fraction of sp³-hybridized carbons (Fsp3) is 0.231. The van der Waals surface area contributed by atoms with Crippen LogP contribution in [0.4, 0.5) is 11.4 Å². The van der Waals surface area contributed by atoms with Gasteiger partial charge in [-0.05, 0) is 60.2 Å². The summed E-state index contributed by atoms with van der Waals surface area (Å²) in [5.74, 6) is 0. The number of rotatable bonds is 4. The van der Waals surface area contributed by atoms with E-state index in [2.05, 4.69) is 25.2 Å². The van der Waals surface area contributed by atoms with Crippen molar-refractivity contribution in [2.24, 2.45) is 0 Å². The fourth-order valence-corrected chi connectivity index (χ4v) is 3.40. The van der Waals surface area contributed by atoms with Gasteiger partial charge in [0.25, 0.3) is 5.69 Å². The highest BCUT2D eigenvalue weighted by molar-refractivity contribution is 14.1. The molecule has 0 aliphatic rings. The lowest BCUT2D eigenvalue weighted by Gasteiger charge is -2.05. The molecule has 0 atom stereocenters. The first-order chi connectivity index (χ1) is 8.97. The molecule has 100 valence electrons. The van der Waals surface area contributed by atoms with Crippen LogP contribution in [0.5, 0.6) is 0 Å². The second-order valence-corrected chi connectivity index (χ2v) is 6.73. The summed E-state index contributed by atoms with van der Waals surface area (Å²) in [4.78, 5) is 13.0. The third kappa shape index (κ3) is 3.44. The van der Waals surface area contributed by atoms with Crippen molar-refractivity contribution in [3.8, 4) is 0 Å². The highest BCUT2D eigenvalue weighted by Gasteiger charge is 2.11. The number of benzene rings is 1. The molecule has 0 amide bonds. The zero-order valence-electron chi connectivity index (χ0n) is 10.6. The second kappa shape index (κ2) is 5.87. The molecule has 0 saturated heterocycles. The minimum atomic E-state index is -0.364. The molecule has 0 aliphatic carbocycles. The molecule has 2 rings (SSSR count). The molecule has 19 heavy (non-hydrogen) atoms. The molecule has 0 fully saturated rings. The number of nitrogens with zero attached hydrogens (tertiary/aromatic N) is 1. The van der Waals surface area contributed by atoms with Gasteiger partial charge in [0.2, 0.25) is 0 Å². The van der Waals surface area contributed by atoms with Gasteiger partial charge < -0.3 is 5.32 Å². The average molecular weight is 388 g/mol. The second-order valence-electron chi connectivity index (χ2n) is 4.23. The number of halogens is 1. The van der Waals surface area contributed by atoms with E-state index in [1.807, 2.05) is 22.6 Å². The van der Waals surface area contributed by atoms with Gasteiger partial charge in [-0.3, -0.25) is 10.1 Å². The number of nitrogens with one attached hydrogen (secondary N) is 1. The van der Waals surface area contributed by atoms with E-state index in [1.165, 1.54) is 21.4 Å². The Kier molecular flexibility index (Phi) is 4.41. The molecule has 0 saturated carbocycles. The normalized spacial score (nSPS) is 10.5. The van der Waals surface area contributed by atoms with E-state index in [1.54, 1.807) is 23.5 Å². The largest absolute Gasteiger partial charge is 0.380 e. The molecular formula is C13H13IN2O2S. The first kappa shape index (κ1) is 14.3. The van der Waals surface area contributed by atoms with Crippen LogP contribution in [0.2, 0.25) is 0 Å². The summed E-state index contributed by atoms with van der Waals surface area (Å²) in [5, 5.41) is 14.0. The number of aryl methyl sites for hydroxylation is 2. The third-order valence-electron chi connectivity index (χ3n) is 2.83. The third-order valence-corrected chi connectivity index (χ3v) is 4.84. The lowest BCUT2D eigenvalue weighted by atomic mass is 10.2. The smallest absolute Gasteiger partial charge is 0.282 e. The lowest BCUT2D eigenvalue weighted by Crippen LogP contribution is -1.99. The van der Waals surface area contributed by atoms with Crippen molar-refractivity contribution in [2.75, 3.05) is 5.32 Å². The number of nitro groups is 1. The first-order valence-electron chi connectivity index (χ1n) is 5.71. The zero-order chi connectivity index (χ0) is 14.0. The minimum Gasteiger partial charge on any atom is -0.380 e. The number of hydrogen-bond acceptors (Lipinski definition) is 4. The topological polar surface area (TPSA) is 55.2 Å². The lowest BCUT2D eigenvalue weighted by molar-refractivity contribution is -0.385. The summed E-state index contributed by atoms with van der Waals surface area (Å²) in [6, 6.07) is 7.25. The summed E-state index contributed by atoms with van der Waals surface area (Å²) >= 11 is 3.76. The maximum Gasteiger partial charge on any atom is 0.282 e. The van der Waals surface area contributed by atoms with Crippen LogP contribution < -0.4 is 5.32 Å². The maximum atomic E-state index is 10.7. The van der Waals surface area contributed by atoms with E-state index in [0.717, 1.165) is 12.2 Å². The predicted molar refractivity (Wildman–Crippen MR) is 86.9 cm³/mol. The molecular weight excluding hydrogens is 375 g/mol. The Morgan fingerprint density at radius 1 is 1.37 bits per heavy atom. The van der Waals surface area contributed by atoms with Gasteiger partial charge in [0.05, 0.1) is 8.49 Å². The van der Waals surface area contributed by atoms with Crippen LogP contribution in [0.25, 0.3) is 0 Å². The summed E-state index contributed by atoms with van der Waals surface area (Å²) < 4.78 is 0.645. The predicted octanol–water partition coefficient (Wildman–Crippen LogP) is 4.49. The van der Waals surface area contributed by atoms with Crippen LogP contribution in [-0.4, -0.2) is 4.92 Å². The van der Waals surface area contributed by atoms with Crippen molar-refractivity contribution in [1.82, 2.24) is 0 Å². The monoisotopic (exact) mass is 388 g/mol. The van der Waals surface area contributed by atoms with E-state index in [9.17, 15) is 10.1 Å². The van der Waals surface area contributed by atoms with Crippen molar-refractivity contribution in [3.63, 3.8) is 0 Å². The Balaban J connectivity index is 2.08. The van der Waals surface area contributed by atoms with Crippen LogP contribution in [0.15, 0.2) is 24.3 Å². The zero-order valence-corrected chi connectivity index (χ0v) is 13.5. The number of anilines is 1. The van der Waals surface area contributed by atoms with Crippen LogP contribution in [0.1, 0.15) is 15.3 Å². The molecule has 0 unspecified atom stereocenters. The van der Waals surface area contributed by atoms with Gasteiger partial charge in [-0.25, -0.2) is 0 Å². The molecule has 1 N–H and O–H groups in total. The minimum absolute atomic E-state index is 0.147. The number of nitro benzene ring substituents is 1. The molecule has 0 bridgehead atoms. The molecule has 2 aromatic rings. The quantitative estimate of drug-likeness (QED) is 0.477. The molecule has 1 aromatic carbocycles. The van der Waals surface area contributed by atoms with E-state index < -0.39 is 0 Å². The van der Waals surface area contributed by atoms with E-state index >= 15 is 0 Å². The van der Waals surface area contributed by atoms with Crippen LogP contribution in [0, 0.1) is 27.5 Å². The van der Waals surface area contributed by atoms with Crippen LogP contribution in [0.3, 0.4) is 0 Å². The van der Waals surface area contributed by atoms with Gasteiger partial charge in [0.15, 0.2) is 0 Å². The van der Waals surface area contributed by atoms with Crippen molar-refractivity contribution < 1.29 is 4.92 Å². The Labute approximate surface area is 129 Å². The van der Waals surface area contributed by atoms with Gasteiger partial charge in [-0.15, -0.1) is 11.3 Å². The Hall–Kier alpha value is -1.15. The highest BCUT2D eigenvalue weighted by Crippen LogP contribution is 2.25. The van der Waals surface area contributed by atoms with Gasteiger partial charge in [0.1, 0.15) is 0 Å². The highest BCUT2D eigenvalue weighted by atomic mass is 127. The molecule has 1 aromatic heterocycles. The maximum absolute atomic E-state index is 10.7. The van der Waals surface area contributed by atoms with Crippen LogP contribution in [-0.2, 0) is 6.54 Å². The molecule has 0 spiro atoms. The number of hydrogen-bond donors (Lipinski definition) is 1. The summed E-state index contributed by atoms with van der Waals surface area (Å²) in [7, 11) is 0. The van der Waals surface area contributed by atoms with Crippen LogP contribution >= 0.6 is 33.9 Å². The Morgan fingerprint density at radius 3 is 2.63 bits per heavy atom. The number of thiophene rings is 1. The first-order valence-corrected chi connectivity index (χ1v) is 7.60. The standard InChI is InChI=1S/C13H13IN2O2S/c1-8-5-11(19-9(8)2)7-15-10-3-4-13(16(17)18)12(14)6-10/h3-6,15H,7H2,1-2H3. The Morgan fingerprint density at radius 2 is 2.11 bits per heavy atom. The van der Waals surface area contributed by atoms with Crippen molar-refractivity contribution >= 4 is 45.3 Å². The molecule has 0 aliphatic heterocycles.